The van der Waals surface area contributed by atoms with Gasteiger partial charge in [-0.1, -0.05) is 28.1 Å². The summed E-state index contributed by atoms with van der Waals surface area (Å²) in [6.07, 6.45) is 0. The molecule has 2 aromatic rings. The second-order valence-electron chi connectivity index (χ2n) is 6.50. The van der Waals surface area contributed by atoms with Gasteiger partial charge in [0, 0.05) is 29.7 Å². The molecule has 0 aromatic heterocycles. The van der Waals surface area contributed by atoms with Gasteiger partial charge in [-0.2, -0.15) is 0 Å². The molecule has 2 aliphatic heterocycles. The lowest BCUT2D eigenvalue weighted by Crippen LogP contribution is -2.43. The maximum Gasteiger partial charge on any atom is 0.251 e. The van der Waals surface area contributed by atoms with E-state index in [0.29, 0.717) is 25.3 Å². The Morgan fingerprint density at radius 3 is 2.74 bits per heavy atom. The van der Waals surface area contributed by atoms with Crippen LogP contribution in [0.15, 0.2) is 46.9 Å². The summed E-state index contributed by atoms with van der Waals surface area (Å²) in [5.41, 5.74) is 1.73. The zero-order valence-corrected chi connectivity index (χ0v) is 16.4. The van der Waals surface area contributed by atoms with Crippen molar-refractivity contribution >= 4 is 21.8 Å². The predicted molar refractivity (Wildman–Crippen MR) is 104 cm³/mol. The summed E-state index contributed by atoms with van der Waals surface area (Å²) in [5.74, 6) is 1.43. The molecule has 0 unspecified atom stereocenters. The van der Waals surface area contributed by atoms with E-state index in [0.717, 1.165) is 34.6 Å². The minimum absolute atomic E-state index is 0.0412. The van der Waals surface area contributed by atoms with Crippen LogP contribution in [0.2, 0.25) is 0 Å². The molecular weight excluding hydrogens is 412 g/mol. The van der Waals surface area contributed by atoms with Gasteiger partial charge in [-0.25, -0.2) is 0 Å². The largest absolute Gasteiger partial charge is 0.454 e. The lowest BCUT2D eigenvalue weighted by molar-refractivity contribution is 0.0162. The van der Waals surface area contributed by atoms with Crippen LogP contribution < -0.4 is 14.8 Å². The van der Waals surface area contributed by atoms with Crippen molar-refractivity contribution in [3.63, 3.8) is 0 Å². The van der Waals surface area contributed by atoms with Crippen molar-refractivity contribution in [3.05, 3.63) is 58.1 Å². The molecule has 6 nitrogen and oxygen atoms in total. The summed E-state index contributed by atoms with van der Waals surface area (Å²) in [6.45, 7) is 3.80. The number of hydrogen-bond donors (Lipinski definition) is 1. The van der Waals surface area contributed by atoms with Crippen LogP contribution in [0.5, 0.6) is 11.5 Å². The number of nitrogens with one attached hydrogen (secondary N) is 1. The number of amides is 1. The average Bonchev–Trinajstić information content (AvgIpc) is 3.17. The lowest BCUT2D eigenvalue weighted by atomic mass is 10.0. The van der Waals surface area contributed by atoms with E-state index in [2.05, 4.69) is 26.1 Å². The van der Waals surface area contributed by atoms with Gasteiger partial charge in [0.1, 0.15) is 0 Å². The van der Waals surface area contributed by atoms with E-state index in [1.807, 2.05) is 42.5 Å². The Morgan fingerprint density at radius 1 is 1.11 bits per heavy atom. The van der Waals surface area contributed by atoms with Gasteiger partial charge in [-0.15, -0.1) is 0 Å². The maximum absolute atomic E-state index is 12.6. The molecule has 2 aromatic carbocycles. The van der Waals surface area contributed by atoms with Gasteiger partial charge in [-0.05, 0) is 35.9 Å². The van der Waals surface area contributed by atoms with Crippen molar-refractivity contribution in [3.8, 4) is 11.5 Å². The second-order valence-corrected chi connectivity index (χ2v) is 7.41. The number of nitrogens with zero attached hydrogens (tertiary/aromatic N) is 1. The maximum atomic E-state index is 12.6. The first-order valence-electron chi connectivity index (χ1n) is 8.96. The summed E-state index contributed by atoms with van der Waals surface area (Å²) in [7, 11) is 0. The monoisotopic (exact) mass is 432 g/mol. The van der Waals surface area contributed by atoms with Crippen molar-refractivity contribution in [2.45, 2.75) is 6.04 Å². The number of fused-ring (bicyclic) bond motifs is 1. The van der Waals surface area contributed by atoms with E-state index in [9.17, 15) is 4.79 Å². The van der Waals surface area contributed by atoms with E-state index >= 15 is 0 Å². The normalized spacial score (nSPS) is 17.5. The SMILES string of the molecule is O=C(NC[C@H](c1ccc2c(c1)OCO2)N1CCOCC1)c1cccc(Br)c1. The standard InChI is InChI=1S/C20H21BrN2O4/c21-16-3-1-2-15(10-16)20(24)22-12-17(23-6-8-25-9-7-23)14-4-5-18-19(11-14)27-13-26-18/h1-5,10-11,17H,6-9,12-13H2,(H,22,24)/t17-/m1/s1. The molecule has 1 fully saturated rings. The molecule has 1 N–H and O–H groups in total. The Hall–Kier alpha value is -2.09. The summed E-state index contributed by atoms with van der Waals surface area (Å²) < 4.78 is 17.3. The minimum Gasteiger partial charge on any atom is -0.454 e. The summed E-state index contributed by atoms with van der Waals surface area (Å²) >= 11 is 3.41. The zero-order valence-electron chi connectivity index (χ0n) is 14.8. The molecule has 142 valence electrons. The number of hydrogen-bond acceptors (Lipinski definition) is 5. The van der Waals surface area contributed by atoms with Gasteiger partial charge in [0.05, 0.1) is 19.3 Å². The molecule has 0 bridgehead atoms. The minimum atomic E-state index is -0.0877. The average molecular weight is 433 g/mol. The van der Waals surface area contributed by atoms with Crippen molar-refractivity contribution in [2.75, 3.05) is 39.6 Å². The van der Waals surface area contributed by atoms with Gasteiger partial charge in [-0.3, -0.25) is 9.69 Å². The molecule has 1 saturated heterocycles. The topological polar surface area (TPSA) is 60.0 Å². The Balaban J connectivity index is 1.52. The van der Waals surface area contributed by atoms with Crippen LogP contribution in [0.25, 0.3) is 0 Å². The van der Waals surface area contributed by atoms with Crippen LogP contribution in [0, 0.1) is 0 Å². The molecule has 0 aliphatic carbocycles. The van der Waals surface area contributed by atoms with Crippen molar-refractivity contribution in [2.24, 2.45) is 0 Å². The molecule has 1 amide bonds. The van der Waals surface area contributed by atoms with Gasteiger partial charge in [0.2, 0.25) is 6.79 Å². The van der Waals surface area contributed by atoms with E-state index in [4.69, 9.17) is 14.2 Å². The molecule has 0 spiro atoms. The molecule has 4 rings (SSSR count). The van der Waals surface area contributed by atoms with E-state index in [1.165, 1.54) is 0 Å². The third-order valence-corrected chi connectivity index (χ3v) is 5.30. The molecule has 7 heteroatoms. The van der Waals surface area contributed by atoms with Crippen LogP contribution in [0.3, 0.4) is 0 Å². The highest BCUT2D eigenvalue weighted by Crippen LogP contribution is 2.35. The molecule has 0 saturated carbocycles. The molecular formula is C20H21BrN2O4. The molecule has 2 aliphatic rings. The first-order chi connectivity index (χ1) is 13.2. The highest BCUT2D eigenvalue weighted by atomic mass is 79.9. The highest BCUT2D eigenvalue weighted by Gasteiger charge is 2.25. The first-order valence-corrected chi connectivity index (χ1v) is 9.75. The van der Waals surface area contributed by atoms with Gasteiger partial charge in [0.15, 0.2) is 11.5 Å². The number of carbonyl (C=O) groups excluding carboxylic acids is 1. The van der Waals surface area contributed by atoms with Crippen LogP contribution in [-0.2, 0) is 4.74 Å². The predicted octanol–water partition coefficient (Wildman–Crippen LogP) is 2.98. The van der Waals surface area contributed by atoms with Crippen LogP contribution in [0.1, 0.15) is 22.0 Å². The fraction of sp³-hybridized carbons (Fsp3) is 0.350. The first kappa shape index (κ1) is 18.3. The highest BCUT2D eigenvalue weighted by molar-refractivity contribution is 9.10. The van der Waals surface area contributed by atoms with Crippen molar-refractivity contribution in [1.82, 2.24) is 10.2 Å². The smallest absolute Gasteiger partial charge is 0.251 e. The Morgan fingerprint density at radius 2 is 1.93 bits per heavy atom. The third-order valence-electron chi connectivity index (χ3n) is 4.81. The van der Waals surface area contributed by atoms with E-state index in [-0.39, 0.29) is 18.7 Å². The summed E-state index contributed by atoms with van der Waals surface area (Å²) in [4.78, 5) is 14.9. The fourth-order valence-corrected chi connectivity index (χ4v) is 3.79. The van der Waals surface area contributed by atoms with Crippen LogP contribution in [-0.4, -0.2) is 50.4 Å². The van der Waals surface area contributed by atoms with Gasteiger partial charge < -0.3 is 19.5 Å². The quantitative estimate of drug-likeness (QED) is 0.786. The Labute approximate surface area is 166 Å². The lowest BCUT2D eigenvalue weighted by Gasteiger charge is -2.35. The number of rotatable bonds is 5. The zero-order chi connectivity index (χ0) is 18.6. The molecule has 1 atom stereocenters. The number of halogens is 1. The van der Waals surface area contributed by atoms with E-state index in [1.54, 1.807) is 0 Å². The number of morpholine rings is 1. The molecule has 2 heterocycles. The molecule has 0 radical (unpaired) electrons. The third kappa shape index (κ3) is 4.26. The number of benzene rings is 2. The number of carbonyl (C=O) groups is 1. The van der Waals surface area contributed by atoms with E-state index < -0.39 is 0 Å². The molecule has 27 heavy (non-hydrogen) atoms. The summed E-state index contributed by atoms with van der Waals surface area (Å²) in [6, 6.07) is 13.4. The second kappa shape index (κ2) is 8.29. The van der Waals surface area contributed by atoms with Crippen LogP contribution in [0.4, 0.5) is 0 Å². The number of ether oxygens (including phenoxy) is 3. The van der Waals surface area contributed by atoms with Crippen molar-refractivity contribution < 1.29 is 19.0 Å². The Bertz CT molecular complexity index is 823. The van der Waals surface area contributed by atoms with Gasteiger partial charge >= 0.3 is 0 Å². The van der Waals surface area contributed by atoms with Gasteiger partial charge in [0.25, 0.3) is 5.91 Å². The fourth-order valence-electron chi connectivity index (χ4n) is 3.39. The van der Waals surface area contributed by atoms with Crippen molar-refractivity contribution in [1.29, 1.82) is 0 Å². The van der Waals surface area contributed by atoms with Crippen LogP contribution >= 0.6 is 15.9 Å². The Kier molecular flexibility index (Phi) is 5.61. The summed E-state index contributed by atoms with van der Waals surface area (Å²) in [5, 5.41) is 3.08.